The minimum absolute atomic E-state index is 0.0133. The Labute approximate surface area is 182 Å². The average molecular weight is 427 g/mol. The number of nitro benzene ring substituents is 1. The monoisotopic (exact) mass is 426 g/mol. The molecule has 8 nitrogen and oxygen atoms in total. The topological polar surface area (TPSA) is 114 Å². The summed E-state index contributed by atoms with van der Waals surface area (Å²) in [4.78, 5) is 37.5. The van der Waals surface area contributed by atoms with Gasteiger partial charge in [-0.15, -0.1) is 0 Å². The first kappa shape index (κ1) is 21.5. The molecule has 2 unspecified atom stereocenters. The number of fused-ring (bicyclic) bond motifs is 2. The first-order valence-electron chi connectivity index (χ1n) is 11.1. The number of carbonyl (C=O) groups is 2. The van der Waals surface area contributed by atoms with Crippen molar-refractivity contribution in [3.8, 4) is 0 Å². The van der Waals surface area contributed by atoms with E-state index in [0.717, 1.165) is 25.7 Å². The molecule has 2 atom stereocenters. The van der Waals surface area contributed by atoms with Crippen LogP contribution in [0.4, 0.5) is 11.4 Å². The minimum Gasteiger partial charge on any atom is -0.352 e. The molecule has 0 aromatic heterocycles. The molecule has 0 aliphatic heterocycles. The lowest BCUT2D eigenvalue weighted by Crippen LogP contribution is -2.53. The van der Waals surface area contributed by atoms with Crippen molar-refractivity contribution >= 4 is 28.8 Å². The molecule has 8 heteroatoms. The number of rotatable bonds is 5. The molecule has 3 aliphatic rings. The molecule has 3 fully saturated rings. The first-order chi connectivity index (χ1) is 14.6. The molecular formula is C23H30N4O4. The highest BCUT2D eigenvalue weighted by atomic mass is 16.6. The summed E-state index contributed by atoms with van der Waals surface area (Å²) in [5.41, 5.74) is 1.62. The van der Waals surface area contributed by atoms with Gasteiger partial charge in [0, 0.05) is 23.6 Å². The SMILES string of the molecule is CC12CCC(C(=O)NC3CCCCC3)(C(=O)/C1=N\Nc1ccc([N+](=O)[O-])cc1)C2(C)C. The normalized spacial score (nSPS) is 31.1. The van der Waals surface area contributed by atoms with Crippen molar-refractivity contribution in [3.05, 3.63) is 34.4 Å². The van der Waals surface area contributed by atoms with Gasteiger partial charge in [0.25, 0.3) is 5.69 Å². The van der Waals surface area contributed by atoms with Crippen molar-refractivity contribution in [1.82, 2.24) is 5.32 Å². The van der Waals surface area contributed by atoms with E-state index >= 15 is 0 Å². The highest BCUT2D eigenvalue weighted by molar-refractivity contribution is 6.50. The van der Waals surface area contributed by atoms with Gasteiger partial charge in [-0.3, -0.25) is 25.1 Å². The first-order valence-corrected chi connectivity index (χ1v) is 11.1. The van der Waals surface area contributed by atoms with Crippen LogP contribution in [0, 0.1) is 26.4 Å². The molecule has 2 N–H and O–H groups in total. The number of Topliss-reactive ketones (excluding diaryl/α,β-unsaturated/α-hetero) is 1. The summed E-state index contributed by atoms with van der Waals surface area (Å²) in [6, 6.07) is 6.02. The third-order valence-corrected chi connectivity index (χ3v) is 8.27. The molecule has 3 aliphatic carbocycles. The minimum atomic E-state index is -1.10. The average Bonchev–Trinajstić information content (AvgIpc) is 3.02. The van der Waals surface area contributed by atoms with E-state index < -0.39 is 21.2 Å². The predicted molar refractivity (Wildman–Crippen MR) is 118 cm³/mol. The Bertz CT molecular complexity index is 949. The summed E-state index contributed by atoms with van der Waals surface area (Å²) in [5, 5.41) is 18.5. The zero-order chi connectivity index (χ0) is 22.4. The molecule has 1 aromatic rings. The largest absolute Gasteiger partial charge is 0.352 e. The number of ketones is 1. The second-order valence-corrected chi connectivity index (χ2v) is 9.88. The van der Waals surface area contributed by atoms with E-state index in [1.807, 2.05) is 20.8 Å². The number of benzene rings is 1. The number of nitrogens with zero attached hydrogens (tertiary/aromatic N) is 2. The maximum Gasteiger partial charge on any atom is 0.269 e. The number of carbonyl (C=O) groups excluding carboxylic acids is 2. The van der Waals surface area contributed by atoms with Crippen molar-refractivity contribution in [3.63, 3.8) is 0 Å². The molecule has 4 rings (SSSR count). The number of nitrogens with one attached hydrogen (secondary N) is 2. The van der Waals surface area contributed by atoms with E-state index in [0.29, 0.717) is 24.2 Å². The van der Waals surface area contributed by atoms with Crippen molar-refractivity contribution in [1.29, 1.82) is 0 Å². The highest BCUT2D eigenvalue weighted by Crippen LogP contribution is 2.69. The van der Waals surface area contributed by atoms with Crippen LogP contribution in [-0.2, 0) is 9.59 Å². The molecule has 0 heterocycles. The van der Waals surface area contributed by atoms with Gasteiger partial charge in [-0.2, -0.15) is 5.10 Å². The number of hydrogen-bond acceptors (Lipinski definition) is 6. The fraction of sp³-hybridized carbons (Fsp3) is 0.609. The van der Waals surface area contributed by atoms with Gasteiger partial charge in [0.1, 0.15) is 11.1 Å². The molecule has 3 saturated carbocycles. The van der Waals surface area contributed by atoms with Gasteiger partial charge >= 0.3 is 0 Å². The smallest absolute Gasteiger partial charge is 0.269 e. The van der Waals surface area contributed by atoms with E-state index in [9.17, 15) is 19.7 Å². The molecule has 31 heavy (non-hydrogen) atoms. The van der Waals surface area contributed by atoms with Gasteiger partial charge in [0.15, 0.2) is 5.78 Å². The molecule has 0 radical (unpaired) electrons. The number of amides is 1. The maximum absolute atomic E-state index is 13.6. The van der Waals surface area contributed by atoms with Crippen LogP contribution in [0.25, 0.3) is 0 Å². The van der Waals surface area contributed by atoms with E-state index in [1.54, 1.807) is 12.1 Å². The van der Waals surface area contributed by atoms with Crippen molar-refractivity contribution < 1.29 is 14.5 Å². The van der Waals surface area contributed by atoms with E-state index in [4.69, 9.17) is 0 Å². The summed E-state index contributed by atoms with van der Waals surface area (Å²) in [6.45, 7) is 6.03. The Morgan fingerprint density at radius 2 is 1.74 bits per heavy atom. The van der Waals surface area contributed by atoms with Crippen LogP contribution in [0.2, 0.25) is 0 Å². The number of hydrogen-bond donors (Lipinski definition) is 2. The molecule has 0 saturated heterocycles. The Hall–Kier alpha value is -2.77. The number of hydrazone groups is 1. The summed E-state index contributed by atoms with van der Waals surface area (Å²) in [7, 11) is 0. The molecule has 2 bridgehead atoms. The molecule has 0 spiro atoms. The number of nitro groups is 1. The lowest BCUT2D eigenvalue weighted by Gasteiger charge is -2.38. The Morgan fingerprint density at radius 3 is 2.35 bits per heavy atom. The van der Waals surface area contributed by atoms with Crippen LogP contribution in [-0.4, -0.2) is 28.4 Å². The Kier molecular flexibility index (Phi) is 5.14. The summed E-state index contributed by atoms with van der Waals surface area (Å²) < 4.78 is 0. The van der Waals surface area contributed by atoms with Crippen LogP contribution in [0.1, 0.15) is 65.7 Å². The Balaban J connectivity index is 1.60. The van der Waals surface area contributed by atoms with Gasteiger partial charge in [-0.1, -0.05) is 40.0 Å². The zero-order valence-corrected chi connectivity index (χ0v) is 18.4. The van der Waals surface area contributed by atoms with Crippen LogP contribution in [0.5, 0.6) is 0 Å². The van der Waals surface area contributed by atoms with Gasteiger partial charge in [0.05, 0.1) is 10.6 Å². The van der Waals surface area contributed by atoms with Gasteiger partial charge in [0.2, 0.25) is 5.91 Å². The molecule has 166 valence electrons. The summed E-state index contributed by atoms with van der Waals surface area (Å²) in [6.07, 6.45) is 6.60. The van der Waals surface area contributed by atoms with Gasteiger partial charge in [-0.05, 0) is 43.2 Å². The highest BCUT2D eigenvalue weighted by Gasteiger charge is 2.76. The van der Waals surface area contributed by atoms with Crippen molar-refractivity contribution in [2.75, 3.05) is 5.43 Å². The van der Waals surface area contributed by atoms with Crippen LogP contribution in [0.15, 0.2) is 29.4 Å². The summed E-state index contributed by atoms with van der Waals surface area (Å²) >= 11 is 0. The standard InChI is InChI=1S/C23H30N4O4/c1-21(2)22(3)13-14-23(21,20(29)24-15-7-5-4-6-8-15)19(28)18(22)26-25-16-9-11-17(12-10-16)27(30)31/h9-12,15,25H,4-8,13-14H2,1-3H3,(H,24,29)/b26-18+. The fourth-order valence-electron chi connectivity index (χ4n) is 5.81. The van der Waals surface area contributed by atoms with Crippen LogP contribution < -0.4 is 10.7 Å². The zero-order valence-electron chi connectivity index (χ0n) is 18.4. The van der Waals surface area contributed by atoms with E-state index in [-0.39, 0.29) is 23.4 Å². The lowest BCUT2D eigenvalue weighted by atomic mass is 9.64. The van der Waals surface area contributed by atoms with Gasteiger partial charge in [-0.25, -0.2) is 0 Å². The van der Waals surface area contributed by atoms with Crippen LogP contribution in [0.3, 0.4) is 0 Å². The Morgan fingerprint density at radius 1 is 1.10 bits per heavy atom. The third kappa shape index (κ3) is 3.06. The van der Waals surface area contributed by atoms with E-state index in [1.165, 1.54) is 18.6 Å². The van der Waals surface area contributed by atoms with Crippen LogP contribution >= 0.6 is 0 Å². The molecular weight excluding hydrogens is 396 g/mol. The van der Waals surface area contributed by atoms with E-state index in [2.05, 4.69) is 15.8 Å². The lowest BCUT2D eigenvalue weighted by molar-refractivity contribution is -0.384. The fourth-order valence-corrected chi connectivity index (χ4v) is 5.81. The third-order valence-electron chi connectivity index (χ3n) is 8.27. The maximum atomic E-state index is 13.6. The van der Waals surface area contributed by atoms with Gasteiger partial charge < -0.3 is 5.32 Å². The molecule has 1 amide bonds. The summed E-state index contributed by atoms with van der Waals surface area (Å²) in [5.74, 6) is -0.354. The quantitative estimate of drug-likeness (QED) is 0.416. The van der Waals surface area contributed by atoms with Crippen molar-refractivity contribution in [2.45, 2.75) is 71.8 Å². The second-order valence-electron chi connectivity index (χ2n) is 9.88. The number of anilines is 1. The molecule has 1 aromatic carbocycles. The second kappa shape index (κ2) is 7.43. The number of non-ortho nitro benzene ring substituents is 1. The van der Waals surface area contributed by atoms with Crippen molar-refractivity contribution in [2.24, 2.45) is 21.3 Å². The predicted octanol–water partition coefficient (Wildman–Crippen LogP) is 4.21.